The fraction of sp³-hybridized carbons (Fsp3) is 0.476. The third-order valence-electron chi connectivity index (χ3n) is 4.86. The lowest BCUT2D eigenvalue weighted by atomic mass is 10.0. The standard InChI is InChI=1S/C21H28N2O2S/c1-17-20(16-24)22-9-7-21(17)26-14-4-12-25-13-11-23-10-8-18-5-2-3-6-19(18)15-23/h2-3,5-7,9,24H,4,8,10-16H2,1H3. The molecule has 0 spiro atoms. The minimum atomic E-state index is 0.00428. The summed E-state index contributed by atoms with van der Waals surface area (Å²) in [5.74, 6) is 1.02. The van der Waals surface area contributed by atoms with Crippen LogP contribution in [0.1, 0.15) is 28.8 Å². The molecule has 3 rings (SSSR count). The zero-order valence-corrected chi connectivity index (χ0v) is 16.3. The molecule has 0 fully saturated rings. The molecule has 0 saturated heterocycles. The first-order chi connectivity index (χ1) is 12.8. The van der Waals surface area contributed by atoms with Gasteiger partial charge in [-0.3, -0.25) is 9.88 Å². The van der Waals surface area contributed by atoms with Gasteiger partial charge in [-0.1, -0.05) is 24.3 Å². The number of aliphatic hydroxyl groups is 1. The zero-order chi connectivity index (χ0) is 18.2. The smallest absolute Gasteiger partial charge is 0.0856 e. The first-order valence-corrected chi connectivity index (χ1v) is 10.3. The summed E-state index contributed by atoms with van der Waals surface area (Å²) in [5.41, 5.74) is 4.82. The Bertz CT molecular complexity index is 708. The van der Waals surface area contributed by atoms with Crippen molar-refractivity contribution >= 4 is 11.8 Å². The number of nitrogens with zero attached hydrogens (tertiary/aromatic N) is 2. The van der Waals surface area contributed by atoms with Crippen molar-refractivity contribution in [2.24, 2.45) is 0 Å². The molecule has 0 bridgehead atoms. The molecule has 0 radical (unpaired) electrons. The summed E-state index contributed by atoms with van der Waals surface area (Å²) in [5, 5.41) is 9.28. The number of hydrogen-bond donors (Lipinski definition) is 1. The molecule has 0 amide bonds. The third-order valence-corrected chi connectivity index (χ3v) is 6.11. The van der Waals surface area contributed by atoms with Crippen molar-refractivity contribution in [2.75, 3.05) is 32.1 Å². The molecule has 0 atom stereocenters. The maximum Gasteiger partial charge on any atom is 0.0856 e. The van der Waals surface area contributed by atoms with Crippen molar-refractivity contribution in [2.45, 2.75) is 37.8 Å². The molecule has 2 aromatic rings. The maximum absolute atomic E-state index is 9.28. The Kier molecular flexibility index (Phi) is 7.50. The molecule has 26 heavy (non-hydrogen) atoms. The van der Waals surface area contributed by atoms with Gasteiger partial charge in [-0.25, -0.2) is 0 Å². The highest BCUT2D eigenvalue weighted by Crippen LogP contribution is 2.24. The number of benzene rings is 1. The molecular weight excluding hydrogens is 344 g/mol. The highest BCUT2D eigenvalue weighted by Gasteiger charge is 2.14. The third kappa shape index (κ3) is 5.30. The molecular formula is C21H28N2O2S. The second-order valence-corrected chi connectivity index (χ2v) is 7.78. The van der Waals surface area contributed by atoms with Crippen LogP contribution in [-0.2, 0) is 24.3 Å². The predicted octanol–water partition coefficient (Wildman–Crippen LogP) is 3.44. The second-order valence-electron chi connectivity index (χ2n) is 6.65. The van der Waals surface area contributed by atoms with E-state index in [1.165, 1.54) is 16.0 Å². The van der Waals surface area contributed by atoms with Crippen molar-refractivity contribution in [1.82, 2.24) is 9.88 Å². The first-order valence-electron chi connectivity index (χ1n) is 9.33. The molecule has 1 aliphatic rings. The van der Waals surface area contributed by atoms with Gasteiger partial charge in [-0.05, 0) is 42.5 Å². The molecule has 1 aromatic carbocycles. The van der Waals surface area contributed by atoms with Gasteiger partial charge in [0.1, 0.15) is 0 Å². The molecule has 4 nitrogen and oxygen atoms in total. The Balaban J connectivity index is 1.29. The molecule has 2 heterocycles. The largest absolute Gasteiger partial charge is 0.390 e. The van der Waals surface area contributed by atoms with Gasteiger partial charge < -0.3 is 9.84 Å². The quantitative estimate of drug-likeness (QED) is 0.540. The lowest BCUT2D eigenvalue weighted by Gasteiger charge is -2.28. The van der Waals surface area contributed by atoms with Crippen LogP contribution < -0.4 is 0 Å². The Hall–Kier alpha value is -1.40. The van der Waals surface area contributed by atoms with E-state index in [0.717, 1.165) is 62.7 Å². The monoisotopic (exact) mass is 372 g/mol. The SMILES string of the molecule is Cc1c(SCCCOCCN2CCc3ccccc3C2)ccnc1CO. The van der Waals surface area contributed by atoms with E-state index in [-0.39, 0.29) is 6.61 Å². The van der Waals surface area contributed by atoms with E-state index < -0.39 is 0 Å². The normalized spacial score (nSPS) is 14.4. The van der Waals surface area contributed by atoms with Gasteiger partial charge in [0.25, 0.3) is 0 Å². The predicted molar refractivity (Wildman–Crippen MR) is 106 cm³/mol. The van der Waals surface area contributed by atoms with Gasteiger partial charge >= 0.3 is 0 Å². The fourth-order valence-corrected chi connectivity index (χ4v) is 4.23. The Morgan fingerprint density at radius 3 is 2.88 bits per heavy atom. The van der Waals surface area contributed by atoms with Crippen LogP contribution >= 0.6 is 11.8 Å². The van der Waals surface area contributed by atoms with E-state index in [2.05, 4.69) is 34.1 Å². The van der Waals surface area contributed by atoms with Gasteiger partial charge in [0.05, 0.1) is 18.9 Å². The fourth-order valence-electron chi connectivity index (χ4n) is 3.26. The van der Waals surface area contributed by atoms with E-state index in [9.17, 15) is 5.11 Å². The Morgan fingerprint density at radius 2 is 2.04 bits per heavy atom. The van der Waals surface area contributed by atoms with Crippen LogP contribution in [0.15, 0.2) is 41.4 Å². The molecule has 1 N–H and O–H groups in total. The molecule has 5 heteroatoms. The summed E-state index contributed by atoms with van der Waals surface area (Å²) in [6, 6.07) is 10.8. The number of fused-ring (bicyclic) bond motifs is 1. The summed E-state index contributed by atoms with van der Waals surface area (Å²) >= 11 is 1.81. The van der Waals surface area contributed by atoms with Crippen LogP contribution in [0.4, 0.5) is 0 Å². The van der Waals surface area contributed by atoms with Gasteiger partial charge in [-0.15, -0.1) is 11.8 Å². The highest BCUT2D eigenvalue weighted by molar-refractivity contribution is 7.99. The van der Waals surface area contributed by atoms with Crippen molar-refractivity contribution in [3.63, 3.8) is 0 Å². The van der Waals surface area contributed by atoms with Crippen LogP contribution in [0.3, 0.4) is 0 Å². The summed E-state index contributed by atoms with van der Waals surface area (Å²) in [7, 11) is 0. The van der Waals surface area contributed by atoms with Crippen LogP contribution in [-0.4, -0.2) is 47.0 Å². The minimum Gasteiger partial charge on any atom is -0.390 e. The van der Waals surface area contributed by atoms with Gasteiger partial charge in [-0.2, -0.15) is 0 Å². The molecule has 0 saturated carbocycles. The second kappa shape index (κ2) is 10.1. The zero-order valence-electron chi connectivity index (χ0n) is 15.5. The molecule has 0 aliphatic carbocycles. The number of ether oxygens (including phenoxy) is 1. The topological polar surface area (TPSA) is 45.6 Å². The average Bonchev–Trinajstić information content (AvgIpc) is 2.68. The maximum atomic E-state index is 9.28. The van der Waals surface area contributed by atoms with Crippen LogP contribution in [0.2, 0.25) is 0 Å². The van der Waals surface area contributed by atoms with E-state index in [0.29, 0.717) is 0 Å². The van der Waals surface area contributed by atoms with Crippen LogP contribution in [0.25, 0.3) is 0 Å². The molecule has 140 valence electrons. The number of thioether (sulfide) groups is 1. The summed E-state index contributed by atoms with van der Waals surface area (Å²) in [6.45, 7) is 6.81. The Labute approximate surface area is 160 Å². The van der Waals surface area contributed by atoms with E-state index in [1.807, 2.05) is 24.8 Å². The lowest BCUT2D eigenvalue weighted by Crippen LogP contribution is -2.33. The minimum absolute atomic E-state index is 0.00428. The average molecular weight is 373 g/mol. The van der Waals surface area contributed by atoms with Crippen LogP contribution in [0.5, 0.6) is 0 Å². The van der Waals surface area contributed by atoms with Crippen molar-refractivity contribution < 1.29 is 9.84 Å². The van der Waals surface area contributed by atoms with Gasteiger partial charge in [0.15, 0.2) is 0 Å². The van der Waals surface area contributed by atoms with Crippen molar-refractivity contribution in [3.05, 3.63) is 58.9 Å². The summed E-state index contributed by atoms with van der Waals surface area (Å²) < 4.78 is 5.83. The number of aromatic nitrogens is 1. The molecule has 0 unspecified atom stereocenters. The number of hydrogen-bond acceptors (Lipinski definition) is 5. The number of rotatable bonds is 9. The van der Waals surface area contributed by atoms with E-state index in [1.54, 1.807) is 6.20 Å². The van der Waals surface area contributed by atoms with Crippen molar-refractivity contribution in [1.29, 1.82) is 0 Å². The van der Waals surface area contributed by atoms with E-state index in [4.69, 9.17) is 4.74 Å². The van der Waals surface area contributed by atoms with Crippen LogP contribution in [0, 0.1) is 6.92 Å². The first kappa shape index (κ1) is 19.4. The summed E-state index contributed by atoms with van der Waals surface area (Å²) in [4.78, 5) is 7.88. The van der Waals surface area contributed by atoms with E-state index >= 15 is 0 Å². The van der Waals surface area contributed by atoms with Crippen molar-refractivity contribution in [3.8, 4) is 0 Å². The van der Waals surface area contributed by atoms with Gasteiger partial charge in [0.2, 0.25) is 0 Å². The summed E-state index contributed by atoms with van der Waals surface area (Å²) in [6.07, 6.45) is 3.95. The van der Waals surface area contributed by atoms with Gasteiger partial charge in [0, 0.05) is 43.1 Å². The highest BCUT2D eigenvalue weighted by atomic mass is 32.2. The molecule has 1 aromatic heterocycles. The number of pyridine rings is 1. The lowest BCUT2D eigenvalue weighted by molar-refractivity contribution is 0.100. The Morgan fingerprint density at radius 1 is 1.19 bits per heavy atom. The number of aliphatic hydroxyl groups excluding tert-OH is 1. The molecule has 1 aliphatic heterocycles.